The first-order valence-electron chi connectivity index (χ1n) is 6.94. The number of carbonyl (C=O) groups is 2. The number of amides is 2. The van der Waals surface area contributed by atoms with Crippen LogP contribution in [0.3, 0.4) is 0 Å². The van der Waals surface area contributed by atoms with Gasteiger partial charge >= 0.3 is 0 Å². The summed E-state index contributed by atoms with van der Waals surface area (Å²) in [5, 5.41) is 2.88. The molecule has 2 amide bonds. The summed E-state index contributed by atoms with van der Waals surface area (Å²) in [6.45, 7) is 10.8. The SMILES string of the molecule is CCC(C)C1NC(=O)CCN(C(C)(C)CC)C1=O. The van der Waals surface area contributed by atoms with Crippen LogP contribution in [0.4, 0.5) is 0 Å². The highest BCUT2D eigenvalue weighted by Gasteiger charge is 2.38. The number of nitrogens with zero attached hydrogens (tertiary/aromatic N) is 1. The normalized spacial score (nSPS) is 23.6. The van der Waals surface area contributed by atoms with E-state index in [1.807, 2.05) is 18.7 Å². The molecule has 0 radical (unpaired) electrons. The quantitative estimate of drug-likeness (QED) is 0.833. The molecule has 2 atom stereocenters. The van der Waals surface area contributed by atoms with Gasteiger partial charge in [0, 0.05) is 18.5 Å². The van der Waals surface area contributed by atoms with Crippen LogP contribution in [-0.4, -0.2) is 34.8 Å². The van der Waals surface area contributed by atoms with Gasteiger partial charge in [0.15, 0.2) is 0 Å². The summed E-state index contributed by atoms with van der Waals surface area (Å²) >= 11 is 0. The molecule has 1 N–H and O–H groups in total. The Morgan fingerprint density at radius 3 is 2.50 bits per heavy atom. The second-order valence-corrected chi connectivity index (χ2v) is 5.84. The van der Waals surface area contributed by atoms with Gasteiger partial charge in [0.1, 0.15) is 6.04 Å². The van der Waals surface area contributed by atoms with Crippen LogP contribution >= 0.6 is 0 Å². The van der Waals surface area contributed by atoms with Gasteiger partial charge in [-0.25, -0.2) is 0 Å². The topological polar surface area (TPSA) is 49.4 Å². The third-order valence-electron chi connectivity index (χ3n) is 4.22. The summed E-state index contributed by atoms with van der Waals surface area (Å²) < 4.78 is 0. The van der Waals surface area contributed by atoms with Gasteiger partial charge in [0.25, 0.3) is 0 Å². The van der Waals surface area contributed by atoms with Crippen molar-refractivity contribution in [1.29, 1.82) is 0 Å². The molecule has 2 unspecified atom stereocenters. The molecule has 0 saturated carbocycles. The van der Waals surface area contributed by atoms with Crippen molar-refractivity contribution in [2.24, 2.45) is 5.92 Å². The standard InChI is InChI=1S/C14H26N2O2/c1-6-10(3)12-13(18)16(14(4,5)7-2)9-8-11(17)15-12/h10,12H,6-9H2,1-5H3,(H,15,17). The zero-order chi connectivity index (χ0) is 13.9. The fraction of sp³-hybridized carbons (Fsp3) is 0.857. The maximum absolute atomic E-state index is 12.6. The van der Waals surface area contributed by atoms with E-state index in [1.165, 1.54) is 0 Å². The minimum atomic E-state index is -0.365. The molecule has 1 rings (SSSR count). The Bertz CT molecular complexity index is 326. The molecule has 0 spiro atoms. The second-order valence-electron chi connectivity index (χ2n) is 5.84. The summed E-state index contributed by atoms with van der Waals surface area (Å²) in [4.78, 5) is 26.2. The van der Waals surface area contributed by atoms with Crippen molar-refractivity contribution in [1.82, 2.24) is 10.2 Å². The molecule has 0 aromatic heterocycles. The monoisotopic (exact) mass is 254 g/mol. The van der Waals surface area contributed by atoms with E-state index in [9.17, 15) is 9.59 Å². The van der Waals surface area contributed by atoms with E-state index in [-0.39, 0.29) is 29.3 Å². The summed E-state index contributed by atoms with van der Waals surface area (Å²) in [5.74, 6) is 0.236. The minimum Gasteiger partial charge on any atom is -0.344 e. The number of nitrogens with one attached hydrogen (secondary N) is 1. The molecule has 1 saturated heterocycles. The molecule has 1 aliphatic heterocycles. The molecule has 1 fully saturated rings. The lowest BCUT2D eigenvalue weighted by Crippen LogP contribution is -2.54. The van der Waals surface area contributed by atoms with Crippen molar-refractivity contribution in [3.8, 4) is 0 Å². The lowest BCUT2D eigenvalue weighted by molar-refractivity contribution is -0.139. The van der Waals surface area contributed by atoms with Gasteiger partial charge in [-0.3, -0.25) is 9.59 Å². The van der Waals surface area contributed by atoms with Crippen LogP contribution in [0.2, 0.25) is 0 Å². The van der Waals surface area contributed by atoms with E-state index < -0.39 is 0 Å². The summed E-state index contributed by atoms with van der Waals surface area (Å²) in [5.41, 5.74) is -0.185. The van der Waals surface area contributed by atoms with Crippen molar-refractivity contribution < 1.29 is 9.59 Å². The molecular weight excluding hydrogens is 228 g/mol. The van der Waals surface area contributed by atoms with E-state index in [1.54, 1.807) is 0 Å². The van der Waals surface area contributed by atoms with Crippen molar-refractivity contribution in [3.05, 3.63) is 0 Å². The minimum absolute atomic E-state index is 0.0111. The van der Waals surface area contributed by atoms with Crippen LogP contribution in [-0.2, 0) is 9.59 Å². The zero-order valence-corrected chi connectivity index (χ0v) is 12.2. The molecule has 104 valence electrons. The molecule has 18 heavy (non-hydrogen) atoms. The maximum atomic E-state index is 12.6. The highest BCUT2D eigenvalue weighted by molar-refractivity contribution is 5.90. The van der Waals surface area contributed by atoms with E-state index >= 15 is 0 Å². The van der Waals surface area contributed by atoms with Crippen molar-refractivity contribution in [3.63, 3.8) is 0 Å². The van der Waals surface area contributed by atoms with Crippen LogP contribution in [0.5, 0.6) is 0 Å². The smallest absolute Gasteiger partial charge is 0.245 e. The van der Waals surface area contributed by atoms with Crippen LogP contribution in [0.15, 0.2) is 0 Å². The molecular formula is C14H26N2O2. The van der Waals surface area contributed by atoms with Crippen LogP contribution < -0.4 is 5.32 Å². The number of rotatable bonds is 4. The van der Waals surface area contributed by atoms with Crippen LogP contribution in [0.25, 0.3) is 0 Å². The van der Waals surface area contributed by atoms with Crippen LogP contribution in [0.1, 0.15) is 53.9 Å². The second kappa shape index (κ2) is 5.72. The highest BCUT2D eigenvalue weighted by atomic mass is 16.2. The lowest BCUT2D eigenvalue weighted by atomic mass is 9.94. The van der Waals surface area contributed by atoms with Gasteiger partial charge < -0.3 is 10.2 Å². The van der Waals surface area contributed by atoms with Gasteiger partial charge in [0.05, 0.1) is 0 Å². The van der Waals surface area contributed by atoms with Gasteiger partial charge in [-0.2, -0.15) is 0 Å². The molecule has 1 aliphatic rings. The summed E-state index contributed by atoms with van der Waals surface area (Å²) in [6.07, 6.45) is 2.18. The van der Waals surface area contributed by atoms with E-state index in [2.05, 4.69) is 26.1 Å². The third-order valence-corrected chi connectivity index (χ3v) is 4.22. The van der Waals surface area contributed by atoms with Gasteiger partial charge in [-0.05, 0) is 26.2 Å². The van der Waals surface area contributed by atoms with Crippen molar-refractivity contribution in [2.45, 2.75) is 65.5 Å². The Morgan fingerprint density at radius 1 is 1.39 bits per heavy atom. The zero-order valence-electron chi connectivity index (χ0n) is 12.2. The van der Waals surface area contributed by atoms with E-state index in [4.69, 9.17) is 0 Å². The first kappa shape index (κ1) is 15.0. The Labute approximate surface area is 110 Å². The Hall–Kier alpha value is -1.06. The van der Waals surface area contributed by atoms with Crippen molar-refractivity contribution >= 4 is 11.8 Å². The Morgan fingerprint density at radius 2 is 2.00 bits per heavy atom. The highest BCUT2D eigenvalue weighted by Crippen LogP contribution is 2.24. The average Bonchev–Trinajstić information content (AvgIpc) is 2.48. The summed E-state index contributed by atoms with van der Waals surface area (Å²) in [6, 6.07) is -0.365. The lowest BCUT2D eigenvalue weighted by Gasteiger charge is -2.39. The van der Waals surface area contributed by atoms with Crippen molar-refractivity contribution in [2.75, 3.05) is 6.54 Å². The molecule has 0 aliphatic carbocycles. The number of hydrogen-bond donors (Lipinski definition) is 1. The molecule has 4 heteroatoms. The average molecular weight is 254 g/mol. The summed E-state index contributed by atoms with van der Waals surface area (Å²) in [7, 11) is 0. The third kappa shape index (κ3) is 3.03. The first-order valence-corrected chi connectivity index (χ1v) is 6.94. The predicted octanol–water partition coefficient (Wildman–Crippen LogP) is 1.94. The maximum Gasteiger partial charge on any atom is 0.245 e. The Balaban J connectivity index is 3.00. The van der Waals surface area contributed by atoms with Gasteiger partial charge in [-0.15, -0.1) is 0 Å². The molecule has 1 heterocycles. The fourth-order valence-corrected chi connectivity index (χ4v) is 2.21. The Kier molecular flexibility index (Phi) is 4.77. The molecule has 4 nitrogen and oxygen atoms in total. The predicted molar refractivity (Wildman–Crippen MR) is 72.1 cm³/mol. The molecule has 0 bridgehead atoms. The fourth-order valence-electron chi connectivity index (χ4n) is 2.21. The van der Waals surface area contributed by atoms with Gasteiger partial charge in [0.2, 0.25) is 11.8 Å². The van der Waals surface area contributed by atoms with Crippen LogP contribution in [0, 0.1) is 5.92 Å². The molecule has 0 aromatic carbocycles. The van der Waals surface area contributed by atoms with E-state index in [0.29, 0.717) is 13.0 Å². The number of carbonyl (C=O) groups excluding carboxylic acids is 2. The largest absolute Gasteiger partial charge is 0.344 e. The first-order chi connectivity index (χ1) is 8.33. The van der Waals surface area contributed by atoms with E-state index in [0.717, 1.165) is 12.8 Å². The molecule has 0 aromatic rings. The van der Waals surface area contributed by atoms with Gasteiger partial charge in [-0.1, -0.05) is 27.2 Å². The number of hydrogen-bond acceptors (Lipinski definition) is 2.